The minimum Gasteiger partial charge on any atom is -0.478 e. The van der Waals surface area contributed by atoms with Crippen molar-refractivity contribution in [3.05, 3.63) is 46.2 Å². The topological polar surface area (TPSA) is 109 Å². The Labute approximate surface area is 129 Å². The lowest BCUT2D eigenvalue weighted by Gasteiger charge is -2.08. The number of nitrogens with one attached hydrogen (secondary N) is 1. The molecule has 0 aliphatic carbocycles. The highest BCUT2D eigenvalue weighted by molar-refractivity contribution is 7.92. The van der Waals surface area contributed by atoms with E-state index in [1.807, 2.05) is 0 Å². The van der Waals surface area contributed by atoms with Crippen LogP contribution in [0.4, 0.5) is 5.95 Å². The fraction of sp³-hybridized carbons (Fsp3) is 0. The summed E-state index contributed by atoms with van der Waals surface area (Å²) in [5.74, 6) is -1.56. The van der Waals surface area contributed by atoms with Crippen molar-refractivity contribution in [1.29, 1.82) is 0 Å². The first-order valence-electron chi connectivity index (χ1n) is 5.34. The molecule has 21 heavy (non-hydrogen) atoms. The van der Waals surface area contributed by atoms with Crippen molar-refractivity contribution in [2.75, 3.05) is 4.72 Å². The van der Waals surface area contributed by atoms with E-state index in [1.54, 1.807) is 0 Å². The summed E-state index contributed by atoms with van der Waals surface area (Å²) < 4.78 is 26.3. The lowest BCUT2D eigenvalue weighted by atomic mass is 10.2. The maximum atomic E-state index is 12.1. The SMILES string of the molecule is O=C(O)c1cc(S(=O)(=O)Nc2nccc(Cl)n2)ccc1Cl. The van der Waals surface area contributed by atoms with Crippen LogP contribution < -0.4 is 4.72 Å². The van der Waals surface area contributed by atoms with Gasteiger partial charge in [0, 0.05) is 6.20 Å². The first-order chi connectivity index (χ1) is 9.79. The van der Waals surface area contributed by atoms with Crippen molar-refractivity contribution < 1.29 is 18.3 Å². The van der Waals surface area contributed by atoms with Gasteiger partial charge in [-0.2, -0.15) is 0 Å². The Kier molecular flexibility index (Phi) is 4.31. The second-order valence-corrected chi connectivity index (χ2v) is 6.23. The Bertz CT molecular complexity index is 811. The van der Waals surface area contributed by atoms with Gasteiger partial charge in [0.25, 0.3) is 10.0 Å². The first kappa shape index (κ1) is 15.5. The van der Waals surface area contributed by atoms with Crippen LogP contribution in [0.5, 0.6) is 0 Å². The molecule has 1 aromatic carbocycles. The molecular weight excluding hydrogens is 341 g/mol. The molecule has 1 heterocycles. The zero-order valence-corrected chi connectivity index (χ0v) is 12.4. The standard InChI is InChI=1S/C11H7Cl2N3O4S/c12-8-2-1-6(5-7(8)10(17)18)21(19,20)16-11-14-4-3-9(13)15-11/h1-5H,(H,17,18)(H,14,15,16). The maximum Gasteiger partial charge on any atom is 0.337 e. The number of anilines is 1. The van der Waals surface area contributed by atoms with Gasteiger partial charge in [0.15, 0.2) is 0 Å². The van der Waals surface area contributed by atoms with Crippen LogP contribution in [0.1, 0.15) is 10.4 Å². The number of sulfonamides is 1. The van der Waals surface area contributed by atoms with E-state index in [0.717, 1.165) is 6.07 Å². The highest BCUT2D eigenvalue weighted by Gasteiger charge is 2.19. The third kappa shape index (κ3) is 3.60. The van der Waals surface area contributed by atoms with Crippen LogP contribution in [0.15, 0.2) is 35.4 Å². The third-order valence-electron chi connectivity index (χ3n) is 2.33. The summed E-state index contributed by atoms with van der Waals surface area (Å²) in [5.41, 5.74) is -0.327. The minimum atomic E-state index is -4.06. The fourth-order valence-electron chi connectivity index (χ4n) is 1.40. The van der Waals surface area contributed by atoms with Crippen LogP contribution in [-0.2, 0) is 10.0 Å². The highest BCUT2D eigenvalue weighted by Crippen LogP contribution is 2.22. The van der Waals surface area contributed by atoms with Crippen LogP contribution in [0.25, 0.3) is 0 Å². The molecule has 0 atom stereocenters. The van der Waals surface area contributed by atoms with Crippen LogP contribution in [0, 0.1) is 0 Å². The molecule has 2 N–H and O–H groups in total. The summed E-state index contributed by atoms with van der Waals surface area (Å²) in [5, 5.41) is 8.93. The summed E-state index contributed by atoms with van der Waals surface area (Å²) in [4.78, 5) is 18.1. The van der Waals surface area contributed by atoms with Crippen molar-refractivity contribution in [3.8, 4) is 0 Å². The molecule has 0 aliphatic heterocycles. The van der Waals surface area contributed by atoms with Crippen molar-refractivity contribution in [2.45, 2.75) is 4.90 Å². The Balaban J connectivity index is 2.40. The van der Waals surface area contributed by atoms with E-state index in [2.05, 4.69) is 14.7 Å². The van der Waals surface area contributed by atoms with Gasteiger partial charge < -0.3 is 5.11 Å². The largest absolute Gasteiger partial charge is 0.478 e. The van der Waals surface area contributed by atoms with Crippen LogP contribution in [0.3, 0.4) is 0 Å². The Morgan fingerprint density at radius 3 is 2.57 bits per heavy atom. The van der Waals surface area contributed by atoms with Crippen LogP contribution >= 0.6 is 23.2 Å². The average Bonchev–Trinajstić information content (AvgIpc) is 2.38. The summed E-state index contributed by atoms with van der Waals surface area (Å²) in [6, 6.07) is 4.67. The predicted molar refractivity (Wildman–Crippen MR) is 76.3 cm³/mol. The Hall–Kier alpha value is -1.90. The highest BCUT2D eigenvalue weighted by atomic mass is 35.5. The molecule has 10 heteroatoms. The zero-order chi connectivity index (χ0) is 15.6. The minimum absolute atomic E-state index is 0.0602. The van der Waals surface area contributed by atoms with Crippen molar-refractivity contribution in [3.63, 3.8) is 0 Å². The Morgan fingerprint density at radius 2 is 1.95 bits per heavy atom. The quantitative estimate of drug-likeness (QED) is 0.821. The number of carbonyl (C=O) groups is 1. The predicted octanol–water partition coefficient (Wildman–Crippen LogP) is 2.28. The lowest BCUT2D eigenvalue weighted by Crippen LogP contribution is -2.15. The number of hydrogen-bond acceptors (Lipinski definition) is 5. The Morgan fingerprint density at radius 1 is 1.24 bits per heavy atom. The van der Waals surface area contributed by atoms with Crippen molar-refractivity contribution in [2.24, 2.45) is 0 Å². The third-order valence-corrected chi connectivity index (χ3v) is 4.19. The number of halogens is 2. The molecule has 0 fully saturated rings. The second kappa shape index (κ2) is 5.84. The molecule has 2 aromatic rings. The molecular formula is C11H7Cl2N3O4S. The van der Waals surface area contributed by atoms with E-state index in [9.17, 15) is 13.2 Å². The molecule has 0 aliphatic rings. The van der Waals surface area contributed by atoms with Crippen LogP contribution in [0.2, 0.25) is 10.2 Å². The van der Waals surface area contributed by atoms with Gasteiger partial charge >= 0.3 is 5.97 Å². The smallest absolute Gasteiger partial charge is 0.337 e. The van der Waals surface area contributed by atoms with Crippen molar-refractivity contribution >= 4 is 45.1 Å². The summed E-state index contributed by atoms with van der Waals surface area (Å²) in [7, 11) is -4.06. The summed E-state index contributed by atoms with van der Waals surface area (Å²) >= 11 is 11.3. The van der Waals surface area contributed by atoms with Crippen molar-refractivity contribution in [1.82, 2.24) is 9.97 Å². The first-order valence-corrected chi connectivity index (χ1v) is 7.58. The maximum absolute atomic E-state index is 12.1. The monoisotopic (exact) mass is 347 g/mol. The molecule has 0 radical (unpaired) electrons. The number of aromatic carboxylic acids is 1. The van der Waals surface area contributed by atoms with E-state index in [1.165, 1.54) is 24.4 Å². The molecule has 7 nitrogen and oxygen atoms in total. The zero-order valence-electron chi connectivity index (χ0n) is 10.1. The van der Waals surface area contributed by atoms with Gasteiger partial charge in [0.2, 0.25) is 5.95 Å². The number of aromatic nitrogens is 2. The van der Waals surface area contributed by atoms with E-state index < -0.39 is 16.0 Å². The number of hydrogen-bond donors (Lipinski definition) is 2. The number of benzene rings is 1. The molecule has 0 amide bonds. The average molecular weight is 348 g/mol. The van der Waals surface area contributed by atoms with E-state index in [4.69, 9.17) is 28.3 Å². The normalized spacial score (nSPS) is 11.1. The van der Waals surface area contributed by atoms with Gasteiger partial charge in [0.05, 0.1) is 15.5 Å². The van der Waals surface area contributed by atoms with E-state index >= 15 is 0 Å². The molecule has 0 bridgehead atoms. The molecule has 110 valence electrons. The van der Waals surface area contributed by atoms with Gasteiger partial charge in [-0.15, -0.1) is 0 Å². The van der Waals surface area contributed by atoms with Gasteiger partial charge in [0.1, 0.15) is 5.15 Å². The van der Waals surface area contributed by atoms with Gasteiger partial charge in [-0.25, -0.2) is 27.9 Å². The molecule has 0 saturated carbocycles. The molecule has 0 unspecified atom stereocenters. The van der Waals surface area contributed by atoms with Gasteiger partial charge in [-0.1, -0.05) is 23.2 Å². The fourth-order valence-corrected chi connectivity index (χ4v) is 2.71. The van der Waals surface area contributed by atoms with E-state index in [0.29, 0.717) is 0 Å². The summed E-state index contributed by atoms with van der Waals surface area (Å²) in [6.45, 7) is 0. The molecule has 0 saturated heterocycles. The molecule has 2 rings (SSSR count). The number of rotatable bonds is 4. The van der Waals surface area contributed by atoms with Gasteiger partial charge in [-0.3, -0.25) is 0 Å². The van der Waals surface area contributed by atoms with Gasteiger partial charge in [-0.05, 0) is 24.3 Å². The molecule has 0 spiro atoms. The van der Waals surface area contributed by atoms with E-state index in [-0.39, 0.29) is 26.6 Å². The summed E-state index contributed by atoms with van der Waals surface area (Å²) in [6.07, 6.45) is 1.28. The molecule has 1 aromatic heterocycles. The second-order valence-electron chi connectivity index (χ2n) is 3.76. The lowest BCUT2D eigenvalue weighted by molar-refractivity contribution is 0.0697. The number of nitrogens with zero attached hydrogens (tertiary/aromatic N) is 2. The number of carboxylic acid groups (broad SMARTS) is 1. The van der Waals surface area contributed by atoms with Crippen LogP contribution in [-0.4, -0.2) is 29.5 Å². The number of carboxylic acids is 1.